The smallest absolute Gasteiger partial charge is 0.338 e. The van der Waals surface area contributed by atoms with E-state index in [4.69, 9.17) is 15.2 Å². The van der Waals surface area contributed by atoms with E-state index < -0.39 is 5.97 Å². The number of fused-ring (bicyclic) bond motifs is 1. The second-order valence-electron chi connectivity index (χ2n) is 4.82. The Labute approximate surface area is 153 Å². The summed E-state index contributed by atoms with van der Waals surface area (Å²) in [5, 5.41) is 0.643. The lowest BCUT2D eigenvalue weighted by Gasteiger charge is -2.15. The van der Waals surface area contributed by atoms with Gasteiger partial charge >= 0.3 is 5.97 Å². The monoisotopic (exact) mass is 360 g/mol. The first-order chi connectivity index (χ1) is 12.0. The second kappa shape index (κ2) is 9.13. The molecule has 0 unspecified atom stereocenters. The fraction of sp³-hybridized carbons (Fsp3) is 0.263. The van der Waals surface area contributed by atoms with Crippen LogP contribution in [0.1, 0.15) is 35.5 Å². The number of esters is 1. The van der Waals surface area contributed by atoms with E-state index in [1.165, 1.54) is 13.3 Å². The van der Waals surface area contributed by atoms with Gasteiger partial charge in [-0.15, -0.1) is 12.6 Å². The molecule has 1 heterocycles. The lowest BCUT2D eigenvalue weighted by atomic mass is 9.98. The average Bonchev–Trinajstić information content (AvgIpc) is 2.64. The molecule has 0 saturated heterocycles. The van der Waals surface area contributed by atoms with E-state index in [0.717, 1.165) is 0 Å². The minimum absolute atomic E-state index is 0.423. The molecule has 0 aliphatic rings. The minimum Gasteiger partial charge on any atom is -0.496 e. The van der Waals surface area contributed by atoms with Crippen molar-refractivity contribution in [2.45, 2.75) is 25.7 Å². The fourth-order valence-electron chi connectivity index (χ4n) is 2.43. The molecule has 1 aromatic carbocycles. The Morgan fingerprint density at radius 3 is 2.44 bits per heavy atom. The highest BCUT2D eigenvalue weighted by atomic mass is 32.1. The van der Waals surface area contributed by atoms with Crippen LogP contribution < -0.4 is 10.5 Å². The van der Waals surface area contributed by atoms with Gasteiger partial charge < -0.3 is 15.2 Å². The number of carbonyl (C=O) groups excluding carboxylic acids is 1. The van der Waals surface area contributed by atoms with Crippen molar-refractivity contribution in [2.24, 2.45) is 5.73 Å². The van der Waals surface area contributed by atoms with Crippen LogP contribution in [-0.2, 0) is 4.74 Å². The average molecular weight is 360 g/mol. The van der Waals surface area contributed by atoms with Gasteiger partial charge in [-0.25, -0.2) is 9.78 Å². The van der Waals surface area contributed by atoms with Crippen molar-refractivity contribution in [2.75, 3.05) is 14.2 Å². The third-order valence-corrected chi connectivity index (χ3v) is 3.94. The number of thiol groups is 1. The Morgan fingerprint density at radius 1 is 1.32 bits per heavy atom. The number of rotatable bonds is 4. The van der Waals surface area contributed by atoms with Crippen LogP contribution in [0.2, 0.25) is 0 Å². The highest BCUT2D eigenvalue weighted by Crippen LogP contribution is 2.33. The van der Waals surface area contributed by atoms with Crippen molar-refractivity contribution >= 4 is 35.1 Å². The summed E-state index contributed by atoms with van der Waals surface area (Å²) in [5.74, 6) is 0.116. The van der Waals surface area contributed by atoms with Gasteiger partial charge in [0.25, 0.3) is 0 Å². The zero-order valence-electron chi connectivity index (χ0n) is 15.2. The molecule has 0 radical (unpaired) electrons. The van der Waals surface area contributed by atoms with Gasteiger partial charge in [-0.2, -0.15) is 0 Å². The van der Waals surface area contributed by atoms with Crippen molar-refractivity contribution in [3.63, 3.8) is 0 Å². The van der Waals surface area contributed by atoms with Crippen molar-refractivity contribution in [1.82, 2.24) is 4.98 Å². The first-order valence-electron chi connectivity index (χ1n) is 7.82. The summed E-state index contributed by atoms with van der Waals surface area (Å²) in [6.45, 7) is 9.53. The van der Waals surface area contributed by atoms with Crippen LogP contribution in [0.5, 0.6) is 5.75 Å². The molecule has 0 aliphatic heterocycles. The summed E-state index contributed by atoms with van der Waals surface area (Å²) in [6.07, 6.45) is 2.99. The van der Waals surface area contributed by atoms with Crippen LogP contribution in [0.3, 0.4) is 0 Å². The van der Waals surface area contributed by atoms with E-state index in [1.54, 1.807) is 32.2 Å². The van der Waals surface area contributed by atoms with Crippen LogP contribution in [0.25, 0.3) is 16.5 Å². The molecule has 2 rings (SSSR count). The fourth-order valence-corrected chi connectivity index (χ4v) is 2.71. The van der Waals surface area contributed by atoms with Crippen molar-refractivity contribution in [1.29, 1.82) is 0 Å². The Balaban J connectivity index is 0.00000151. The maximum absolute atomic E-state index is 12.3. The predicted molar refractivity (Wildman–Crippen MR) is 105 cm³/mol. The molecule has 0 spiro atoms. The molecule has 134 valence electrons. The molecule has 0 bridgehead atoms. The van der Waals surface area contributed by atoms with E-state index >= 15 is 0 Å². The highest BCUT2D eigenvalue weighted by molar-refractivity contribution is 7.80. The van der Waals surface area contributed by atoms with E-state index in [-0.39, 0.29) is 0 Å². The number of nitrogens with zero attached hydrogens (tertiary/aromatic N) is 1. The number of aromatic nitrogens is 1. The van der Waals surface area contributed by atoms with Crippen LogP contribution >= 0.6 is 12.6 Å². The molecule has 6 heteroatoms. The highest BCUT2D eigenvalue weighted by Gasteiger charge is 2.21. The zero-order valence-corrected chi connectivity index (χ0v) is 16.1. The lowest BCUT2D eigenvalue weighted by Crippen LogP contribution is -2.09. The van der Waals surface area contributed by atoms with Gasteiger partial charge in [0.15, 0.2) is 0 Å². The number of pyridine rings is 1. The standard InChI is InChI=1S/C17H18N2O3S.C2H6/c1-5-10(8-18)16-9(2)15(17(20)22-4)11-6-14(23)13(21-3)7-12(11)19-16;1-2/h5-8,23H,1,18H2,2-4H3;1-2H3/b10-8+;. The Hall–Kier alpha value is -2.47. The number of nitrogens with two attached hydrogens (primary N) is 1. The van der Waals surface area contributed by atoms with Crippen LogP contribution in [0.4, 0.5) is 0 Å². The van der Waals surface area contributed by atoms with Gasteiger partial charge in [-0.05, 0) is 18.6 Å². The first-order valence-corrected chi connectivity index (χ1v) is 8.27. The van der Waals surface area contributed by atoms with Gasteiger partial charge in [0.2, 0.25) is 0 Å². The maximum Gasteiger partial charge on any atom is 0.338 e. The number of ether oxygens (including phenoxy) is 2. The summed E-state index contributed by atoms with van der Waals surface area (Å²) >= 11 is 4.38. The summed E-state index contributed by atoms with van der Waals surface area (Å²) in [6, 6.07) is 3.47. The van der Waals surface area contributed by atoms with Gasteiger partial charge in [-0.3, -0.25) is 0 Å². The molecule has 25 heavy (non-hydrogen) atoms. The summed E-state index contributed by atoms with van der Waals surface area (Å²) in [5.41, 5.74) is 8.52. The van der Waals surface area contributed by atoms with E-state index in [9.17, 15) is 4.79 Å². The molecule has 5 nitrogen and oxygen atoms in total. The largest absolute Gasteiger partial charge is 0.496 e. The molecule has 2 N–H and O–H groups in total. The van der Waals surface area contributed by atoms with Crippen molar-refractivity contribution in [3.05, 3.63) is 47.8 Å². The third kappa shape index (κ3) is 3.96. The van der Waals surface area contributed by atoms with Crippen LogP contribution in [-0.4, -0.2) is 25.2 Å². The molecule has 1 aromatic heterocycles. The third-order valence-electron chi connectivity index (χ3n) is 3.59. The van der Waals surface area contributed by atoms with Crippen LogP contribution in [0.15, 0.2) is 35.9 Å². The Kier molecular flexibility index (Phi) is 7.51. The van der Waals surface area contributed by atoms with Gasteiger partial charge in [0, 0.05) is 28.1 Å². The van der Waals surface area contributed by atoms with Gasteiger partial charge in [-0.1, -0.05) is 26.5 Å². The predicted octanol–water partition coefficient (Wildman–Crippen LogP) is 4.14. The normalized spacial score (nSPS) is 10.7. The number of benzene rings is 1. The molecular weight excluding hydrogens is 336 g/mol. The number of hydrogen-bond donors (Lipinski definition) is 2. The van der Waals surface area contributed by atoms with Gasteiger partial charge in [0.05, 0.1) is 31.0 Å². The molecule has 0 saturated carbocycles. The summed E-state index contributed by atoms with van der Waals surface area (Å²) in [4.78, 5) is 17.5. The lowest BCUT2D eigenvalue weighted by molar-refractivity contribution is 0.0602. The maximum atomic E-state index is 12.3. The number of allylic oxidation sites excluding steroid dienone is 2. The van der Waals surface area contributed by atoms with Crippen molar-refractivity contribution in [3.8, 4) is 5.75 Å². The van der Waals surface area contributed by atoms with Crippen molar-refractivity contribution < 1.29 is 14.3 Å². The van der Waals surface area contributed by atoms with E-state index in [0.29, 0.717) is 43.9 Å². The number of hydrogen-bond acceptors (Lipinski definition) is 6. The van der Waals surface area contributed by atoms with Crippen LogP contribution in [0, 0.1) is 6.92 Å². The molecular formula is C19H24N2O3S. The molecule has 2 aromatic rings. The Morgan fingerprint density at radius 2 is 1.96 bits per heavy atom. The van der Waals surface area contributed by atoms with E-state index in [1.807, 2.05) is 13.8 Å². The molecule has 0 amide bonds. The summed E-state index contributed by atoms with van der Waals surface area (Å²) < 4.78 is 10.2. The molecule has 0 fully saturated rings. The second-order valence-corrected chi connectivity index (χ2v) is 5.30. The van der Waals surface area contributed by atoms with Gasteiger partial charge in [0.1, 0.15) is 5.75 Å². The molecule has 0 aliphatic carbocycles. The number of methoxy groups -OCH3 is 2. The summed E-state index contributed by atoms with van der Waals surface area (Å²) in [7, 11) is 2.89. The topological polar surface area (TPSA) is 74.4 Å². The minimum atomic E-state index is -0.450. The quantitative estimate of drug-likeness (QED) is 0.487. The van der Waals surface area contributed by atoms with E-state index in [2.05, 4.69) is 24.2 Å². The first kappa shape index (κ1) is 20.6. The Bertz CT molecular complexity index is 829. The SMILES string of the molecule is C=C/C(=C\N)c1nc2cc(OC)c(S)cc2c(C(=O)OC)c1C.CC. The zero-order chi connectivity index (χ0) is 19.1. The number of carbonyl (C=O) groups is 1. The molecule has 0 atom stereocenters.